The van der Waals surface area contributed by atoms with Crippen molar-refractivity contribution in [3.05, 3.63) is 47.0 Å². The number of aromatic amines is 1. The standard InChI is InChI=1S/C26H31ClN4O.CH2O2/c1-18-6-9-23-24(16-18)29-25(28-23)21-17-20(7-8-22(21)27)30-14-10-19(11-15-30)26(32)31-12-4-2-3-5-13-31;2-1-3/h6-9,16-17,19H,2-5,10-15H2,1H3,(H,28,29);1H,(H,2,3). The number of hydrogen-bond donors (Lipinski definition) is 2. The molecule has 0 saturated carbocycles. The molecular weight excluding hydrogens is 464 g/mol. The predicted molar refractivity (Wildman–Crippen MR) is 140 cm³/mol. The zero-order chi connectivity index (χ0) is 24.8. The van der Waals surface area contributed by atoms with E-state index in [0.29, 0.717) is 10.9 Å². The van der Waals surface area contributed by atoms with Crippen LogP contribution in [0.4, 0.5) is 5.69 Å². The van der Waals surface area contributed by atoms with Crippen molar-refractivity contribution in [2.75, 3.05) is 31.1 Å². The zero-order valence-corrected chi connectivity index (χ0v) is 20.9. The minimum atomic E-state index is -0.250. The lowest BCUT2D eigenvalue weighted by molar-refractivity contribution is -0.136. The van der Waals surface area contributed by atoms with E-state index < -0.39 is 0 Å². The summed E-state index contributed by atoms with van der Waals surface area (Å²) in [6, 6.07) is 12.4. The van der Waals surface area contributed by atoms with Crippen LogP contribution >= 0.6 is 11.6 Å². The second-order valence-corrected chi connectivity index (χ2v) is 9.78. The molecule has 0 atom stereocenters. The quantitative estimate of drug-likeness (QED) is 0.466. The number of likely N-dealkylation sites (tertiary alicyclic amines) is 1. The fraction of sp³-hybridized carbons (Fsp3) is 0.444. The number of carbonyl (C=O) groups is 2. The summed E-state index contributed by atoms with van der Waals surface area (Å²) in [5.74, 6) is 1.33. The number of H-pyrrole nitrogens is 1. The maximum Gasteiger partial charge on any atom is 0.290 e. The van der Waals surface area contributed by atoms with Gasteiger partial charge < -0.3 is 19.9 Å². The van der Waals surface area contributed by atoms with Crippen molar-refractivity contribution in [3.8, 4) is 11.4 Å². The maximum atomic E-state index is 13.0. The van der Waals surface area contributed by atoms with E-state index in [4.69, 9.17) is 26.5 Å². The zero-order valence-electron chi connectivity index (χ0n) is 20.2. The number of aryl methyl sites for hydroxylation is 1. The number of aromatic nitrogens is 2. The molecule has 35 heavy (non-hydrogen) atoms. The number of carbonyl (C=O) groups excluding carboxylic acids is 1. The summed E-state index contributed by atoms with van der Waals surface area (Å²) in [6.45, 7) is 5.50. The van der Waals surface area contributed by atoms with Crippen molar-refractivity contribution in [1.29, 1.82) is 0 Å². The van der Waals surface area contributed by atoms with Gasteiger partial charge in [-0.2, -0.15) is 0 Å². The van der Waals surface area contributed by atoms with E-state index in [-0.39, 0.29) is 12.4 Å². The summed E-state index contributed by atoms with van der Waals surface area (Å²) in [7, 11) is 0. The van der Waals surface area contributed by atoms with Gasteiger partial charge >= 0.3 is 0 Å². The molecule has 2 N–H and O–H groups in total. The smallest absolute Gasteiger partial charge is 0.290 e. The molecule has 3 aromatic rings. The lowest BCUT2D eigenvalue weighted by Gasteiger charge is -2.35. The molecule has 186 valence electrons. The van der Waals surface area contributed by atoms with Crippen molar-refractivity contribution in [1.82, 2.24) is 14.9 Å². The number of nitrogens with zero attached hydrogens (tertiary/aromatic N) is 3. The number of hydrogen-bond acceptors (Lipinski definition) is 4. The van der Waals surface area contributed by atoms with Crippen LogP contribution in [0.2, 0.25) is 5.02 Å². The van der Waals surface area contributed by atoms with Gasteiger partial charge in [-0.1, -0.05) is 30.5 Å². The third-order valence-electron chi connectivity index (χ3n) is 6.97. The second-order valence-electron chi connectivity index (χ2n) is 9.38. The first kappa shape index (κ1) is 25.0. The first-order valence-electron chi connectivity index (χ1n) is 12.4. The summed E-state index contributed by atoms with van der Waals surface area (Å²) in [6.07, 6.45) is 6.64. The van der Waals surface area contributed by atoms with Gasteiger partial charge in [0.25, 0.3) is 6.47 Å². The molecular formula is C27H33ClN4O3. The Balaban J connectivity index is 0.000000917. The third kappa shape index (κ3) is 5.96. The summed E-state index contributed by atoms with van der Waals surface area (Å²) in [4.78, 5) is 34.1. The number of carboxylic acid groups (broad SMARTS) is 1. The van der Waals surface area contributed by atoms with E-state index in [1.54, 1.807) is 0 Å². The number of fused-ring (bicyclic) bond motifs is 1. The number of anilines is 1. The molecule has 2 aliphatic rings. The summed E-state index contributed by atoms with van der Waals surface area (Å²) in [5.41, 5.74) is 5.22. The van der Waals surface area contributed by atoms with Crippen molar-refractivity contribution in [2.45, 2.75) is 45.4 Å². The highest BCUT2D eigenvalue weighted by atomic mass is 35.5. The van der Waals surface area contributed by atoms with Gasteiger partial charge in [-0.25, -0.2) is 4.98 Å². The van der Waals surface area contributed by atoms with Gasteiger partial charge in [-0.15, -0.1) is 0 Å². The highest BCUT2D eigenvalue weighted by Crippen LogP contribution is 2.33. The molecule has 3 heterocycles. The topological polar surface area (TPSA) is 89.5 Å². The molecule has 2 saturated heterocycles. The molecule has 2 aliphatic heterocycles. The monoisotopic (exact) mass is 496 g/mol. The van der Waals surface area contributed by atoms with Crippen LogP contribution in [0.5, 0.6) is 0 Å². The van der Waals surface area contributed by atoms with Crippen molar-refractivity contribution >= 4 is 40.7 Å². The van der Waals surface area contributed by atoms with Gasteiger partial charge in [0.05, 0.1) is 16.1 Å². The molecule has 1 aromatic heterocycles. The minimum absolute atomic E-state index is 0.162. The highest BCUT2D eigenvalue weighted by molar-refractivity contribution is 6.33. The summed E-state index contributed by atoms with van der Waals surface area (Å²) < 4.78 is 0. The van der Waals surface area contributed by atoms with Gasteiger partial charge in [-0.05, 0) is 68.5 Å². The Kier molecular flexibility index (Phi) is 8.29. The van der Waals surface area contributed by atoms with E-state index in [1.165, 1.54) is 18.4 Å². The average Bonchev–Trinajstić information content (AvgIpc) is 3.08. The maximum absolute atomic E-state index is 13.0. The fourth-order valence-electron chi connectivity index (χ4n) is 5.08. The molecule has 0 bridgehead atoms. The second kappa shape index (κ2) is 11.6. The first-order chi connectivity index (χ1) is 17.0. The third-order valence-corrected chi connectivity index (χ3v) is 7.30. The lowest BCUT2D eigenvalue weighted by atomic mass is 9.94. The van der Waals surface area contributed by atoms with Gasteiger partial charge in [0.15, 0.2) is 0 Å². The molecule has 7 nitrogen and oxygen atoms in total. The van der Waals surface area contributed by atoms with Gasteiger partial charge in [0.1, 0.15) is 5.82 Å². The van der Waals surface area contributed by atoms with Crippen LogP contribution in [0.15, 0.2) is 36.4 Å². The normalized spacial score (nSPS) is 17.0. The predicted octanol–water partition coefficient (Wildman–Crippen LogP) is 5.51. The Hall–Kier alpha value is -3.06. The van der Waals surface area contributed by atoms with E-state index in [2.05, 4.69) is 46.0 Å². The van der Waals surface area contributed by atoms with Crippen LogP contribution < -0.4 is 4.90 Å². The Bertz CT molecular complexity index is 1160. The fourth-order valence-corrected chi connectivity index (χ4v) is 5.28. The average molecular weight is 497 g/mol. The summed E-state index contributed by atoms with van der Waals surface area (Å²) >= 11 is 6.56. The van der Waals surface area contributed by atoms with Crippen molar-refractivity contribution < 1.29 is 14.7 Å². The largest absolute Gasteiger partial charge is 0.483 e. The highest BCUT2D eigenvalue weighted by Gasteiger charge is 2.29. The Morgan fingerprint density at radius 1 is 1.06 bits per heavy atom. The molecule has 0 radical (unpaired) electrons. The van der Waals surface area contributed by atoms with Gasteiger partial charge in [-0.3, -0.25) is 9.59 Å². The van der Waals surface area contributed by atoms with Crippen LogP contribution in [0, 0.1) is 12.8 Å². The van der Waals surface area contributed by atoms with Gasteiger partial charge in [0, 0.05) is 43.3 Å². The molecule has 2 aromatic carbocycles. The number of piperidine rings is 1. The molecule has 0 spiro atoms. The molecule has 0 unspecified atom stereocenters. The van der Waals surface area contributed by atoms with Crippen LogP contribution in [-0.4, -0.2) is 58.5 Å². The van der Waals surface area contributed by atoms with E-state index in [0.717, 1.165) is 80.0 Å². The minimum Gasteiger partial charge on any atom is -0.483 e. The van der Waals surface area contributed by atoms with Crippen LogP contribution in [0.3, 0.4) is 0 Å². The Morgan fingerprint density at radius 3 is 2.43 bits per heavy atom. The molecule has 0 aliphatic carbocycles. The van der Waals surface area contributed by atoms with Gasteiger partial charge in [0.2, 0.25) is 5.91 Å². The number of halogens is 1. The number of nitrogens with one attached hydrogen (secondary N) is 1. The van der Waals surface area contributed by atoms with Crippen molar-refractivity contribution in [3.63, 3.8) is 0 Å². The van der Waals surface area contributed by atoms with Crippen molar-refractivity contribution in [2.24, 2.45) is 5.92 Å². The molecule has 5 rings (SSSR count). The lowest BCUT2D eigenvalue weighted by Crippen LogP contribution is -2.43. The Labute approximate surface area is 211 Å². The van der Waals surface area contributed by atoms with E-state index in [9.17, 15) is 4.79 Å². The van der Waals surface area contributed by atoms with Crippen LogP contribution in [0.25, 0.3) is 22.4 Å². The van der Waals surface area contributed by atoms with Crippen LogP contribution in [0.1, 0.15) is 44.1 Å². The van der Waals surface area contributed by atoms with E-state index >= 15 is 0 Å². The van der Waals surface area contributed by atoms with E-state index in [1.807, 2.05) is 12.1 Å². The molecule has 1 amide bonds. The number of rotatable bonds is 3. The first-order valence-corrected chi connectivity index (χ1v) is 12.8. The molecule has 8 heteroatoms. The number of amides is 1. The molecule has 2 fully saturated rings. The summed E-state index contributed by atoms with van der Waals surface area (Å²) in [5, 5.41) is 7.58. The SMILES string of the molecule is Cc1ccc2nc(-c3cc(N4CCC(C(=O)N5CCCCCC5)CC4)ccc3Cl)[nH]c2c1.O=CO. The number of benzene rings is 2. The van der Waals surface area contributed by atoms with Crippen LogP contribution in [-0.2, 0) is 9.59 Å². The number of imidazole rings is 1. The Morgan fingerprint density at radius 2 is 1.74 bits per heavy atom.